The van der Waals surface area contributed by atoms with E-state index in [0.717, 1.165) is 0 Å². The van der Waals surface area contributed by atoms with E-state index in [4.69, 9.17) is 0 Å². The Labute approximate surface area is 71.2 Å². The average Bonchev–Trinajstić information content (AvgIpc) is 2.02. The van der Waals surface area contributed by atoms with E-state index in [9.17, 15) is 14.3 Å². The number of carbonyl (C=O) groups is 1. The first-order valence-electron chi connectivity index (χ1n) is 3.93. The van der Waals surface area contributed by atoms with Crippen molar-refractivity contribution in [3.05, 3.63) is 0 Å². The first-order valence-corrected chi connectivity index (χ1v) is 3.93. The zero-order chi connectivity index (χ0) is 9.52. The average molecular weight is 175 g/mol. The third-order valence-corrected chi connectivity index (χ3v) is 2.33. The second kappa shape index (κ2) is 2.78. The SMILES string of the molecule is CC(=O)[C@@H]1[C@@H](F)[C@](C)(O)CN1C. The van der Waals surface area contributed by atoms with Crippen LogP contribution in [0, 0.1) is 0 Å². The van der Waals surface area contributed by atoms with Gasteiger partial charge in [0, 0.05) is 6.54 Å². The highest BCUT2D eigenvalue weighted by Gasteiger charge is 2.49. The fourth-order valence-corrected chi connectivity index (χ4v) is 1.77. The van der Waals surface area contributed by atoms with Crippen LogP contribution in [0.25, 0.3) is 0 Å². The molecule has 0 unspecified atom stereocenters. The summed E-state index contributed by atoms with van der Waals surface area (Å²) >= 11 is 0. The predicted molar refractivity (Wildman–Crippen MR) is 42.6 cm³/mol. The number of aliphatic hydroxyl groups is 1. The molecule has 3 nitrogen and oxygen atoms in total. The quantitative estimate of drug-likeness (QED) is 0.609. The standard InChI is InChI=1S/C8H14FNO2/c1-5(11)6-7(9)8(2,12)4-10(6)3/h6-7,12H,4H2,1-3H3/t6-,7-,8-/m1/s1. The number of rotatable bonds is 1. The molecule has 70 valence electrons. The van der Waals surface area contributed by atoms with Gasteiger partial charge >= 0.3 is 0 Å². The summed E-state index contributed by atoms with van der Waals surface area (Å²) in [5.41, 5.74) is -1.38. The lowest BCUT2D eigenvalue weighted by Crippen LogP contribution is -2.40. The summed E-state index contributed by atoms with van der Waals surface area (Å²) in [7, 11) is 1.64. The van der Waals surface area contributed by atoms with Gasteiger partial charge in [-0.3, -0.25) is 9.69 Å². The van der Waals surface area contributed by atoms with Gasteiger partial charge in [-0.1, -0.05) is 0 Å². The van der Waals surface area contributed by atoms with E-state index in [2.05, 4.69) is 0 Å². The third-order valence-electron chi connectivity index (χ3n) is 2.33. The van der Waals surface area contributed by atoms with Gasteiger partial charge in [0.1, 0.15) is 17.4 Å². The summed E-state index contributed by atoms with van der Waals surface area (Å²) in [6.07, 6.45) is -1.47. The van der Waals surface area contributed by atoms with Crippen molar-refractivity contribution in [3.8, 4) is 0 Å². The molecule has 1 saturated heterocycles. The van der Waals surface area contributed by atoms with Crippen molar-refractivity contribution >= 4 is 5.78 Å². The lowest BCUT2D eigenvalue weighted by atomic mass is 9.99. The molecule has 1 aliphatic rings. The molecule has 1 heterocycles. The van der Waals surface area contributed by atoms with E-state index in [-0.39, 0.29) is 12.3 Å². The maximum atomic E-state index is 13.4. The Kier molecular flexibility index (Phi) is 2.23. The van der Waals surface area contributed by atoms with Crippen molar-refractivity contribution in [2.45, 2.75) is 31.7 Å². The fourth-order valence-electron chi connectivity index (χ4n) is 1.77. The lowest BCUT2D eigenvalue weighted by Gasteiger charge is -2.19. The molecule has 0 spiro atoms. The van der Waals surface area contributed by atoms with Crippen molar-refractivity contribution < 1.29 is 14.3 Å². The molecule has 12 heavy (non-hydrogen) atoms. The van der Waals surface area contributed by atoms with Crippen LogP contribution in [0.1, 0.15) is 13.8 Å². The Morgan fingerprint density at radius 2 is 2.25 bits per heavy atom. The van der Waals surface area contributed by atoms with Gasteiger partial charge in [0.15, 0.2) is 6.17 Å². The van der Waals surface area contributed by atoms with Crippen LogP contribution in [0.15, 0.2) is 0 Å². The van der Waals surface area contributed by atoms with Crippen LogP contribution < -0.4 is 0 Å². The molecule has 0 bridgehead atoms. The van der Waals surface area contributed by atoms with Gasteiger partial charge in [0.25, 0.3) is 0 Å². The second-order valence-electron chi connectivity index (χ2n) is 3.73. The highest BCUT2D eigenvalue weighted by molar-refractivity contribution is 5.82. The molecule has 3 atom stereocenters. The van der Waals surface area contributed by atoms with E-state index in [0.29, 0.717) is 0 Å². The van der Waals surface area contributed by atoms with Crippen molar-refractivity contribution in [1.29, 1.82) is 0 Å². The van der Waals surface area contributed by atoms with Crippen LogP contribution >= 0.6 is 0 Å². The summed E-state index contributed by atoms with van der Waals surface area (Å²) in [6, 6.07) is -0.778. The highest BCUT2D eigenvalue weighted by Crippen LogP contribution is 2.29. The number of hydrogen-bond acceptors (Lipinski definition) is 3. The molecule has 0 aliphatic carbocycles. The molecule has 0 amide bonds. The predicted octanol–water partition coefficient (Wildman–Crippen LogP) is -0.0215. The smallest absolute Gasteiger partial charge is 0.152 e. The molecule has 4 heteroatoms. The number of carbonyl (C=O) groups excluding carboxylic acids is 1. The summed E-state index contributed by atoms with van der Waals surface area (Å²) in [4.78, 5) is 12.5. The van der Waals surface area contributed by atoms with Gasteiger partial charge in [0.2, 0.25) is 0 Å². The Bertz CT molecular complexity index is 205. The van der Waals surface area contributed by atoms with E-state index >= 15 is 0 Å². The molecule has 1 N–H and O–H groups in total. The van der Waals surface area contributed by atoms with Crippen LogP contribution in [-0.4, -0.2) is 47.2 Å². The maximum Gasteiger partial charge on any atom is 0.152 e. The first-order chi connectivity index (χ1) is 5.36. The largest absolute Gasteiger partial charge is 0.386 e. The summed E-state index contributed by atoms with van der Waals surface area (Å²) in [5.74, 6) is -0.234. The summed E-state index contributed by atoms with van der Waals surface area (Å²) in [5, 5.41) is 9.48. The Balaban J connectivity index is 2.85. The third kappa shape index (κ3) is 1.36. The minimum atomic E-state index is -1.47. The number of Topliss-reactive ketones (excluding diaryl/α,β-unsaturated/α-hetero) is 1. The zero-order valence-electron chi connectivity index (χ0n) is 7.54. The van der Waals surface area contributed by atoms with Gasteiger partial charge in [-0.25, -0.2) is 4.39 Å². The summed E-state index contributed by atoms with van der Waals surface area (Å²) < 4.78 is 13.4. The van der Waals surface area contributed by atoms with Gasteiger partial charge in [0.05, 0.1) is 0 Å². The van der Waals surface area contributed by atoms with Crippen LogP contribution in [-0.2, 0) is 4.79 Å². The van der Waals surface area contributed by atoms with Gasteiger partial charge < -0.3 is 5.11 Å². The fraction of sp³-hybridized carbons (Fsp3) is 0.875. The minimum Gasteiger partial charge on any atom is -0.386 e. The second-order valence-corrected chi connectivity index (χ2v) is 3.73. The minimum absolute atomic E-state index is 0.207. The van der Waals surface area contributed by atoms with Crippen LogP contribution in [0.5, 0.6) is 0 Å². The topological polar surface area (TPSA) is 40.5 Å². The monoisotopic (exact) mass is 175 g/mol. The lowest BCUT2D eigenvalue weighted by molar-refractivity contribution is -0.123. The van der Waals surface area contributed by atoms with Crippen molar-refractivity contribution in [2.24, 2.45) is 0 Å². The molecule has 0 saturated carbocycles. The molecule has 0 aromatic rings. The molecule has 0 radical (unpaired) electrons. The number of nitrogens with zero attached hydrogens (tertiary/aromatic N) is 1. The number of β-amino-alcohol motifs (C(OH)–C–C–N with tert-alkyl or cyclic N) is 1. The van der Waals surface area contributed by atoms with Crippen molar-refractivity contribution in [1.82, 2.24) is 4.90 Å². The Morgan fingerprint density at radius 3 is 2.42 bits per heavy atom. The number of likely N-dealkylation sites (N-methyl/N-ethyl adjacent to an activating group) is 1. The normalized spacial score (nSPS) is 43.4. The van der Waals surface area contributed by atoms with Crippen molar-refractivity contribution in [3.63, 3.8) is 0 Å². The zero-order valence-corrected chi connectivity index (χ0v) is 7.54. The Hall–Kier alpha value is -0.480. The number of halogens is 1. The number of hydrogen-bond donors (Lipinski definition) is 1. The molecule has 0 aromatic heterocycles. The number of alkyl halides is 1. The van der Waals surface area contributed by atoms with E-state index in [1.807, 2.05) is 0 Å². The van der Waals surface area contributed by atoms with Crippen LogP contribution in [0.4, 0.5) is 4.39 Å². The molecule has 1 rings (SSSR count). The molecular formula is C8H14FNO2. The number of ketones is 1. The van der Waals surface area contributed by atoms with Crippen LogP contribution in [0.2, 0.25) is 0 Å². The van der Waals surface area contributed by atoms with Gasteiger partial charge in [-0.15, -0.1) is 0 Å². The Morgan fingerprint density at radius 1 is 1.75 bits per heavy atom. The van der Waals surface area contributed by atoms with E-state index in [1.54, 1.807) is 11.9 Å². The van der Waals surface area contributed by atoms with Crippen molar-refractivity contribution in [2.75, 3.05) is 13.6 Å². The number of likely N-dealkylation sites (tertiary alicyclic amines) is 1. The molecular weight excluding hydrogens is 161 g/mol. The van der Waals surface area contributed by atoms with E-state index in [1.165, 1.54) is 13.8 Å². The molecule has 0 aromatic carbocycles. The first kappa shape index (κ1) is 9.61. The molecule has 1 fully saturated rings. The molecule has 1 aliphatic heterocycles. The van der Waals surface area contributed by atoms with Gasteiger partial charge in [-0.2, -0.15) is 0 Å². The summed E-state index contributed by atoms with van der Waals surface area (Å²) in [6.45, 7) is 2.96. The van der Waals surface area contributed by atoms with E-state index < -0.39 is 17.8 Å². The van der Waals surface area contributed by atoms with Gasteiger partial charge in [-0.05, 0) is 20.9 Å². The maximum absolute atomic E-state index is 13.4. The highest BCUT2D eigenvalue weighted by atomic mass is 19.1. The van der Waals surface area contributed by atoms with Crippen LogP contribution in [0.3, 0.4) is 0 Å².